The summed E-state index contributed by atoms with van der Waals surface area (Å²) in [4.78, 5) is 27.4. The van der Waals surface area contributed by atoms with E-state index in [2.05, 4.69) is 20.3 Å². The van der Waals surface area contributed by atoms with Crippen molar-refractivity contribution in [1.29, 1.82) is 5.26 Å². The standard InChI is InChI=1S/C21H20F5N7O/c22-20(23)11-33(12-20)19-29-15(13-3-7-32(8-4-13)18(34)1-5-27)10-17(31-19)30-16-9-14(2-6-28-16)21(24,25)26/h2,6,9-10,13H,1,3-4,7-8,11-12H2,(H,28,29,30,31). The van der Waals surface area contributed by atoms with Gasteiger partial charge < -0.3 is 15.1 Å². The molecule has 180 valence electrons. The maximum Gasteiger partial charge on any atom is 0.416 e. The van der Waals surface area contributed by atoms with Gasteiger partial charge in [-0.15, -0.1) is 0 Å². The maximum atomic E-state index is 13.4. The van der Waals surface area contributed by atoms with Gasteiger partial charge in [0.2, 0.25) is 11.9 Å². The molecule has 2 aliphatic heterocycles. The quantitative estimate of drug-likeness (QED) is 0.651. The second-order valence-electron chi connectivity index (χ2n) is 8.23. The van der Waals surface area contributed by atoms with E-state index in [4.69, 9.17) is 5.26 Å². The second kappa shape index (κ2) is 9.00. The number of hydrogen-bond acceptors (Lipinski definition) is 7. The van der Waals surface area contributed by atoms with Crippen molar-refractivity contribution in [2.24, 2.45) is 0 Å². The lowest BCUT2D eigenvalue weighted by molar-refractivity contribution is -0.137. The number of amides is 1. The summed E-state index contributed by atoms with van der Waals surface area (Å²) >= 11 is 0. The van der Waals surface area contributed by atoms with Gasteiger partial charge in [0, 0.05) is 31.3 Å². The number of piperidine rings is 1. The third-order valence-electron chi connectivity index (χ3n) is 5.70. The lowest BCUT2D eigenvalue weighted by Crippen LogP contribution is -2.57. The number of nitriles is 1. The maximum absolute atomic E-state index is 13.4. The molecule has 0 bridgehead atoms. The fourth-order valence-electron chi connectivity index (χ4n) is 3.93. The summed E-state index contributed by atoms with van der Waals surface area (Å²) in [6.45, 7) is -0.299. The van der Waals surface area contributed by atoms with Crippen LogP contribution in [0, 0.1) is 11.3 Å². The molecule has 2 aliphatic rings. The van der Waals surface area contributed by atoms with Crippen LogP contribution in [0.3, 0.4) is 0 Å². The molecule has 2 aromatic rings. The topological polar surface area (TPSA) is 98.0 Å². The van der Waals surface area contributed by atoms with Crippen molar-refractivity contribution in [2.75, 3.05) is 36.4 Å². The number of hydrogen-bond donors (Lipinski definition) is 1. The molecule has 2 fully saturated rings. The number of carbonyl (C=O) groups excluding carboxylic acids is 1. The van der Waals surface area contributed by atoms with Gasteiger partial charge >= 0.3 is 6.18 Å². The molecule has 0 unspecified atom stereocenters. The van der Waals surface area contributed by atoms with Gasteiger partial charge in [0.1, 0.15) is 18.1 Å². The molecule has 34 heavy (non-hydrogen) atoms. The Kier molecular flexibility index (Phi) is 6.24. The van der Waals surface area contributed by atoms with Crippen molar-refractivity contribution < 1.29 is 26.7 Å². The first kappa shape index (κ1) is 23.6. The van der Waals surface area contributed by atoms with Gasteiger partial charge in [-0.05, 0) is 25.0 Å². The Bertz CT molecular complexity index is 1100. The van der Waals surface area contributed by atoms with Crippen molar-refractivity contribution in [3.05, 3.63) is 35.7 Å². The molecule has 0 radical (unpaired) electrons. The molecule has 8 nitrogen and oxygen atoms in total. The van der Waals surface area contributed by atoms with Crippen LogP contribution >= 0.6 is 0 Å². The molecular formula is C21H20F5N7O. The monoisotopic (exact) mass is 481 g/mol. The van der Waals surface area contributed by atoms with Gasteiger partial charge in [0.25, 0.3) is 5.92 Å². The van der Waals surface area contributed by atoms with Gasteiger partial charge in [-0.2, -0.15) is 23.4 Å². The Balaban J connectivity index is 1.57. The highest BCUT2D eigenvalue weighted by Gasteiger charge is 2.45. The molecule has 1 amide bonds. The number of nitrogens with one attached hydrogen (secondary N) is 1. The molecule has 0 aromatic carbocycles. The number of anilines is 3. The van der Waals surface area contributed by atoms with E-state index in [-0.39, 0.29) is 35.8 Å². The van der Waals surface area contributed by atoms with Crippen LogP contribution in [0.15, 0.2) is 24.4 Å². The molecule has 4 heterocycles. The lowest BCUT2D eigenvalue weighted by Gasteiger charge is -2.39. The van der Waals surface area contributed by atoms with Crippen LogP contribution in [0.5, 0.6) is 0 Å². The Morgan fingerprint density at radius 1 is 1.18 bits per heavy atom. The third-order valence-corrected chi connectivity index (χ3v) is 5.70. The fourth-order valence-corrected chi connectivity index (χ4v) is 3.93. The number of nitrogens with zero attached hydrogens (tertiary/aromatic N) is 6. The Morgan fingerprint density at radius 3 is 2.50 bits per heavy atom. The van der Waals surface area contributed by atoms with E-state index in [0.717, 1.165) is 18.3 Å². The molecule has 0 saturated carbocycles. The van der Waals surface area contributed by atoms with Crippen molar-refractivity contribution in [2.45, 2.75) is 37.3 Å². The first-order valence-electron chi connectivity index (χ1n) is 10.5. The van der Waals surface area contributed by atoms with Gasteiger partial charge in [0.05, 0.1) is 30.4 Å². The molecule has 2 aromatic heterocycles. The van der Waals surface area contributed by atoms with Gasteiger partial charge in [-0.1, -0.05) is 0 Å². The predicted octanol–water partition coefficient (Wildman–Crippen LogP) is 3.71. The first-order chi connectivity index (χ1) is 16.0. The Hall–Kier alpha value is -3.56. The molecule has 0 atom stereocenters. The summed E-state index contributed by atoms with van der Waals surface area (Å²) < 4.78 is 66.0. The third kappa shape index (κ3) is 5.32. The second-order valence-corrected chi connectivity index (χ2v) is 8.23. The zero-order valence-corrected chi connectivity index (χ0v) is 17.8. The summed E-state index contributed by atoms with van der Waals surface area (Å²) in [5.74, 6) is -3.17. The molecule has 0 spiro atoms. The number of halogens is 5. The zero-order valence-electron chi connectivity index (χ0n) is 17.8. The van der Waals surface area contributed by atoms with Crippen LogP contribution in [0.25, 0.3) is 0 Å². The normalized spacial score (nSPS) is 18.2. The van der Waals surface area contributed by atoms with E-state index >= 15 is 0 Å². The molecule has 0 aliphatic carbocycles. The Morgan fingerprint density at radius 2 is 1.88 bits per heavy atom. The zero-order chi connectivity index (χ0) is 24.5. The van der Waals surface area contributed by atoms with E-state index in [1.54, 1.807) is 11.0 Å². The van der Waals surface area contributed by atoms with Crippen LogP contribution in [0.4, 0.5) is 39.5 Å². The molecule has 4 rings (SSSR count). The van der Waals surface area contributed by atoms with Crippen molar-refractivity contribution in [3.63, 3.8) is 0 Å². The van der Waals surface area contributed by atoms with E-state index in [0.29, 0.717) is 31.6 Å². The number of aromatic nitrogens is 3. The molecule has 2 saturated heterocycles. The fraction of sp³-hybridized carbons (Fsp3) is 0.476. The Labute approximate surface area is 191 Å². The minimum Gasteiger partial charge on any atom is -0.342 e. The minimum atomic E-state index is -4.55. The lowest BCUT2D eigenvalue weighted by atomic mass is 9.93. The number of alkyl halides is 5. The summed E-state index contributed by atoms with van der Waals surface area (Å²) in [6.07, 6.45) is -2.68. The van der Waals surface area contributed by atoms with Crippen molar-refractivity contribution in [3.8, 4) is 6.07 Å². The average Bonchev–Trinajstić information content (AvgIpc) is 2.77. The van der Waals surface area contributed by atoms with E-state index in [9.17, 15) is 26.7 Å². The SMILES string of the molecule is N#CCC(=O)N1CCC(c2cc(Nc3cc(C(F)(F)F)ccn3)nc(N3CC(F)(F)C3)n2)CC1. The van der Waals surface area contributed by atoms with E-state index in [1.165, 1.54) is 4.90 Å². The van der Waals surface area contributed by atoms with Crippen LogP contribution in [0.2, 0.25) is 0 Å². The van der Waals surface area contributed by atoms with Crippen molar-refractivity contribution in [1.82, 2.24) is 19.9 Å². The number of carbonyl (C=O) groups is 1. The van der Waals surface area contributed by atoms with E-state index in [1.807, 2.05) is 6.07 Å². The van der Waals surface area contributed by atoms with Crippen LogP contribution < -0.4 is 10.2 Å². The largest absolute Gasteiger partial charge is 0.416 e. The van der Waals surface area contributed by atoms with Crippen molar-refractivity contribution >= 4 is 23.5 Å². The summed E-state index contributed by atoms with van der Waals surface area (Å²) in [7, 11) is 0. The minimum absolute atomic E-state index is 0.0425. The highest BCUT2D eigenvalue weighted by molar-refractivity contribution is 5.78. The van der Waals surface area contributed by atoms with Gasteiger partial charge in [-0.3, -0.25) is 4.79 Å². The molecule has 13 heteroatoms. The van der Waals surface area contributed by atoms with Gasteiger partial charge in [-0.25, -0.2) is 18.7 Å². The summed E-state index contributed by atoms with van der Waals surface area (Å²) in [5, 5.41) is 11.4. The average molecular weight is 481 g/mol. The van der Waals surface area contributed by atoms with Gasteiger partial charge in [0.15, 0.2) is 0 Å². The smallest absolute Gasteiger partial charge is 0.342 e. The summed E-state index contributed by atoms with van der Waals surface area (Å²) in [6, 6.07) is 5.05. The van der Waals surface area contributed by atoms with Crippen LogP contribution in [-0.2, 0) is 11.0 Å². The highest BCUT2D eigenvalue weighted by Crippen LogP contribution is 2.35. The predicted molar refractivity (Wildman–Crippen MR) is 110 cm³/mol. The summed E-state index contributed by atoms with van der Waals surface area (Å²) in [5.41, 5.74) is -0.363. The first-order valence-corrected chi connectivity index (χ1v) is 10.5. The van der Waals surface area contributed by atoms with Crippen LogP contribution in [-0.4, -0.2) is 57.9 Å². The number of rotatable bonds is 5. The number of pyridine rings is 1. The highest BCUT2D eigenvalue weighted by atomic mass is 19.4. The molecule has 1 N–H and O–H groups in total. The van der Waals surface area contributed by atoms with E-state index < -0.39 is 30.8 Å². The van der Waals surface area contributed by atoms with Crippen LogP contribution in [0.1, 0.15) is 36.4 Å². The molecular weight excluding hydrogens is 461 g/mol. The number of likely N-dealkylation sites (tertiary alicyclic amines) is 1.